The molecule has 0 amide bonds. The van der Waals surface area contributed by atoms with Crippen molar-refractivity contribution >= 4 is 11.9 Å². The van der Waals surface area contributed by atoms with Gasteiger partial charge in [0.1, 0.15) is 11.7 Å². The zero-order valence-electron chi connectivity index (χ0n) is 16.7. The van der Waals surface area contributed by atoms with Gasteiger partial charge in [-0.05, 0) is 69.1 Å². The molecule has 4 aliphatic rings. The van der Waals surface area contributed by atoms with Crippen molar-refractivity contribution in [2.75, 3.05) is 0 Å². The first-order chi connectivity index (χ1) is 13.1. The third kappa shape index (κ3) is 4.09. The maximum Gasteiger partial charge on any atom is 0.310 e. The molecule has 4 unspecified atom stereocenters. The highest BCUT2D eigenvalue weighted by Crippen LogP contribution is 2.48. The summed E-state index contributed by atoms with van der Waals surface area (Å²) in [4.78, 5) is 24.6. The van der Waals surface area contributed by atoms with Gasteiger partial charge in [0.15, 0.2) is 0 Å². The van der Waals surface area contributed by atoms with E-state index in [-0.39, 0.29) is 36.0 Å². The van der Waals surface area contributed by atoms with Crippen molar-refractivity contribution in [3.05, 3.63) is 12.2 Å². The molecule has 3 saturated carbocycles. The largest absolute Gasteiger partial charge is 0.462 e. The fraction of sp³-hybridized carbons (Fsp3) is 0.826. The number of fused-ring (bicyclic) bond motifs is 2. The van der Waals surface area contributed by atoms with Gasteiger partial charge in [0, 0.05) is 12.8 Å². The van der Waals surface area contributed by atoms with E-state index in [1.807, 2.05) is 0 Å². The summed E-state index contributed by atoms with van der Waals surface area (Å²) >= 11 is 0. The molecule has 0 spiro atoms. The van der Waals surface area contributed by atoms with Crippen molar-refractivity contribution in [2.24, 2.45) is 23.7 Å². The van der Waals surface area contributed by atoms with Crippen LogP contribution < -0.4 is 0 Å². The number of esters is 2. The SMILES string of the molecule is CC(=O)OC(CC(=O)OC1(C2CCCCC2)CCCC1)C1CC2C=CC1C2. The summed E-state index contributed by atoms with van der Waals surface area (Å²) in [7, 11) is 0. The maximum atomic E-state index is 13.0. The third-order valence-corrected chi connectivity index (χ3v) is 7.61. The van der Waals surface area contributed by atoms with Gasteiger partial charge in [0.2, 0.25) is 0 Å². The molecule has 0 N–H and O–H groups in total. The van der Waals surface area contributed by atoms with Crippen LogP contribution in [-0.4, -0.2) is 23.6 Å². The number of hydrogen-bond donors (Lipinski definition) is 0. The quantitative estimate of drug-likeness (QED) is 0.487. The molecule has 2 bridgehead atoms. The first-order valence-electron chi connectivity index (χ1n) is 11.1. The lowest BCUT2D eigenvalue weighted by atomic mass is 9.75. The summed E-state index contributed by atoms with van der Waals surface area (Å²) in [6, 6.07) is 0. The van der Waals surface area contributed by atoms with E-state index in [4.69, 9.17) is 9.47 Å². The Kier molecular flexibility index (Phi) is 5.61. The Morgan fingerprint density at radius 3 is 2.37 bits per heavy atom. The Balaban J connectivity index is 1.42. The highest BCUT2D eigenvalue weighted by molar-refractivity contribution is 5.72. The van der Waals surface area contributed by atoms with Gasteiger partial charge in [0.25, 0.3) is 0 Å². The van der Waals surface area contributed by atoms with Gasteiger partial charge >= 0.3 is 11.9 Å². The van der Waals surface area contributed by atoms with Crippen LogP contribution in [0.2, 0.25) is 0 Å². The second kappa shape index (κ2) is 7.97. The van der Waals surface area contributed by atoms with Gasteiger partial charge in [0.05, 0.1) is 6.42 Å². The lowest BCUT2D eigenvalue weighted by molar-refractivity contribution is -0.173. The van der Waals surface area contributed by atoms with E-state index in [1.54, 1.807) is 0 Å². The van der Waals surface area contributed by atoms with Crippen molar-refractivity contribution in [3.8, 4) is 0 Å². The number of allylic oxidation sites excluding steroid dienone is 2. The van der Waals surface area contributed by atoms with E-state index in [9.17, 15) is 9.59 Å². The van der Waals surface area contributed by atoms with E-state index in [0.717, 1.165) is 38.5 Å². The highest BCUT2D eigenvalue weighted by Gasteiger charge is 2.46. The van der Waals surface area contributed by atoms with Crippen LogP contribution in [-0.2, 0) is 19.1 Å². The van der Waals surface area contributed by atoms with Crippen molar-refractivity contribution in [3.63, 3.8) is 0 Å². The fourth-order valence-corrected chi connectivity index (χ4v) is 6.37. The zero-order valence-corrected chi connectivity index (χ0v) is 16.7. The lowest BCUT2D eigenvalue weighted by Gasteiger charge is -2.40. The summed E-state index contributed by atoms with van der Waals surface area (Å²) in [5.41, 5.74) is -0.243. The molecule has 0 saturated heterocycles. The molecule has 3 fully saturated rings. The number of carbonyl (C=O) groups is 2. The molecule has 0 aromatic carbocycles. The molecular formula is C23H34O4. The van der Waals surface area contributed by atoms with Crippen LogP contribution in [0.25, 0.3) is 0 Å². The topological polar surface area (TPSA) is 52.6 Å². The summed E-state index contributed by atoms with van der Waals surface area (Å²) in [5.74, 6) is 1.40. The van der Waals surface area contributed by atoms with E-state index >= 15 is 0 Å². The van der Waals surface area contributed by atoms with Crippen LogP contribution in [0.15, 0.2) is 12.2 Å². The van der Waals surface area contributed by atoms with Gasteiger partial charge in [-0.1, -0.05) is 31.4 Å². The Morgan fingerprint density at radius 1 is 1.04 bits per heavy atom. The van der Waals surface area contributed by atoms with Gasteiger partial charge in [-0.15, -0.1) is 0 Å². The summed E-state index contributed by atoms with van der Waals surface area (Å²) in [6.45, 7) is 1.45. The minimum absolute atomic E-state index is 0.152. The molecule has 0 aliphatic heterocycles. The smallest absolute Gasteiger partial charge is 0.310 e. The third-order valence-electron chi connectivity index (χ3n) is 7.61. The number of ether oxygens (including phenoxy) is 2. The van der Waals surface area contributed by atoms with Crippen molar-refractivity contribution < 1.29 is 19.1 Å². The van der Waals surface area contributed by atoms with Crippen LogP contribution in [0, 0.1) is 23.7 Å². The van der Waals surface area contributed by atoms with Crippen LogP contribution in [0.3, 0.4) is 0 Å². The van der Waals surface area contributed by atoms with Crippen molar-refractivity contribution in [2.45, 2.75) is 95.7 Å². The average Bonchev–Trinajstić information content (AvgIpc) is 3.39. The monoisotopic (exact) mass is 374 g/mol. The van der Waals surface area contributed by atoms with E-state index < -0.39 is 0 Å². The highest BCUT2D eigenvalue weighted by atomic mass is 16.6. The van der Waals surface area contributed by atoms with Crippen molar-refractivity contribution in [1.82, 2.24) is 0 Å². The zero-order chi connectivity index (χ0) is 18.9. The van der Waals surface area contributed by atoms with E-state index in [0.29, 0.717) is 17.8 Å². The van der Waals surface area contributed by atoms with Gasteiger partial charge in [-0.2, -0.15) is 0 Å². The van der Waals surface area contributed by atoms with Gasteiger partial charge in [-0.25, -0.2) is 0 Å². The summed E-state index contributed by atoms with van der Waals surface area (Å²) in [5, 5.41) is 0. The van der Waals surface area contributed by atoms with Crippen LogP contribution in [0.4, 0.5) is 0 Å². The van der Waals surface area contributed by atoms with Crippen molar-refractivity contribution in [1.29, 1.82) is 0 Å². The summed E-state index contributed by atoms with van der Waals surface area (Å²) in [6.07, 6.45) is 17.2. The van der Waals surface area contributed by atoms with Gasteiger partial charge in [-0.3, -0.25) is 9.59 Å². The predicted octanol–water partition coefficient (Wildman–Crippen LogP) is 4.96. The molecule has 0 heterocycles. The minimum atomic E-state index is -0.334. The molecule has 4 heteroatoms. The number of carbonyl (C=O) groups excluding carboxylic acids is 2. The van der Waals surface area contributed by atoms with E-state index in [1.165, 1.54) is 39.0 Å². The van der Waals surface area contributed by atoms with Crippen LogP contribution >= 0.6 is 0 Å². The molecule has 4 nitrogen and oxygen atoms in total. The lowest BCUT2D eigenvalue weighted by Crippen LogP contribution is -2.42. The second-order valence-electron chi connectivity index (χ2n) is 9.38. The molecule has 0 radical (unpaired) electrons. The molecule has 27 heavy (non-hydrogen) atoms. The fourth-order valence-electron chi connectivity index (χ4n) is 6.37. The molecule has 4 aliphatic carbocycles. The van der Waals surface area contributed by atoms with Crippen LogP contribution in [0.5, 0.6) is 0 Å². The number of hydrogen-bond acceptors (Lipinski definition) is 4. The van der Waals surface area contributed by atoms with Gasteiger partial charge < -0.3 is 9.47 Å². The Morgan fingerprint density at radius 2 is 1.78 bits per heavy atom. The standard InChI is InChI=1S/C23H34O4/c1-16(24)26-21(20-14-17-9-10-18(20)13-17)15-22(25)27-23(11-5-6-12-23)19-7-3-2-4-8-19/h9-10,17-21H,2-8,11-15H2,1H3. The molecular weight excluding hydrogens is 340 g/mol. The average molecular weight is 375 g/mol. The van der Waals surface area contributed by atoms with Crippen LogP contribution in [0.1, 0.15) is 84.0 Å². The first kappa shape index (κ1) is 19.0. The molecule has 4 rings (SSSR count). The molecule has 0 aromatic rings. The predicted molar refractivity (Wildman–Crippen MR) is 103 cm³/mol. The normalized spacial score (nSPS) is 33.1. The molecule has 4 atom stereocenters. The number of rotatable bonds is 6. The first-order valence-corrected chi connectivity index (χ1v) is 11.1. The van der Waals surface area contributed by atoms with E-state index in [2.05, 4.69) is 12.2 Å². The minimum Gasteiger partial charge on any atom is -0.462 e. The Bertz CT molecular complexity index is 583. The Labute approximate surface area is 163 Å². The maximum absolute atomic E-state index is 13.0. The second-order valence-corrected chi connectivity index (χ2v) is 9.38. The molecule has 150 valence electrons. The summed E-state index contributed by atoms with van der Waals surface area (Å²) < 4.78 is 11.9. The Hall–Kier alpha value is -1.32. The molecule has 0 aromatic heterocycles.